The van der Waals surface area contributed by atoms with Crippen LogP contribution in [0.2, 0.25) is 0 Å². The molecular weight excluding hydrogens is 324 g/mol. The Balaban J connectivity index is 2.17. The van der Waals surface area contributed by atoms with Gasteiger partial charge in [0.2, 0.25) is 17.4 Å². The first-order chi connectivity index (χ1) is 11.9. The minimum atomic E-state index is -1.11. The van der Waals surface area contributed by atoms with Crippen LogP contribution >= 0.6 is 0 Å². The molecule has 2 saturated heterocycles. The number of methoxy groups -OCH3 is 2. The molecule has 4 atom stereocenters. The Labute approximate surface area is 146 Å². The third-order valence-electron chi connectivity index (χ3n) is 5.64. The molecule has 2 N–H and O–H groups in total. The van der Waals surface area contributed by atoms with Crippen LogP contribution in [-0.2, 0) is 19.1 Å². The Hall–Kier alpha value is -2.41. The molecule has 2 fully saturated rings. The molecule has 0 aromatic heterocycles. The van der Waals surface area contributed by atoms with Crippen molar-refractivity contribution in [2.24, 2.45) is 11.8 Å². The van der Waals surface area contributed by atoms with Gasteiger partial charge in [0.1, 0.15) is 23.6 Å². The predicted octanol–water partition coefficient (Wildman–Crippen LogP) is -0.134. The van der Waals surface area contributed by atoms with Crippen LogP contribution in [0.3, 0.4) is 0 Å². The lowest BCUT2D eigenvalue weighted by Gasteiger charge is -2.27. The molecule has 0 aliphatic carbocycles. The van der Waals surface area contributed by atoms with Crippen molar-refractivity contribution in [2.45, 2.75) is 24.9 Å². The van der Waals surface area contributed by atoms with Crippen LogP contribution in [0.15, 0.2) is 24.3 Å². The number of ether oxygens (including phenoxy) is 2. The lowest BCUT2D eigenvalue weighted by Crippen LogP contribution is -2.98. The van der Waals surface area contributed by atoms with E-state index in [9.17, 15) is 14.4 Å². The highest BCUT2D eigenvalue weighted by Gasteiger charge is 2.71. The van der Waals surface area contributed by atoms with Gasteiger partial charge in [0.05, 0.1) is 19.8 Å². The Bertz CT molecular complexity index is 734. The molecule has 1 aromatic rings. The zero-order valence-electron chi connectivity index (χ0n) is 14.8. The van der Waals surface area contributed by atoms with Crippen LogP contribution in [-0.4, -0.2) is 49.5 Å². The number of para-hydroxylation sites is 1. The molecule has 2 amide bonds. The smallest absolute Gasteiger partial charge is 0.368 e. The molecule has 0 saturated carbocycles. The number of hydrogen-bond donors (Lipinski definition) is 1. The molecule has 2 heterocycles. The highest BCUT2D eigenvalue weighted by Crippen LogP contribution is 2.46. The average molecular weight is 347 g/mol. The van der Waals surface area contributed by atoms with E-state index in [1.165, 1.54) is 14.2 Å². The fraction of sp³-hybridized carbons (Fsp3) is 0.500. The van der Waals surface area contributed by atoms with Gasteiger partial charge in [-0.05, 0) is 12.1 Å². The molecule has 1 aromatic carbocycles. The first kappa shape index (κ1) is 17.4. The number of carbonyl (C=O) groups excluding carboxylic acids is 3. The molecular formula is C18H23N2O5+. The van der Waals surface area contributed by atoms with Gasteiger partial charge in [-0.2, -0.15) is 0 Å². The number of rotatable bonds is 4. The van der Waals surface area contributed by atoms with Gasteiger partial charge in [-0.25, -0.2) is 4.79 Å². The normalized spacial score (nSPS) is 31.2. The van der Waals surface area contributed by atoms with Crippen molar-refractivity contribution in [1.29, 1.82) is 0 Å². The molecule has 3 rings (SSSR count). The highest BCUT2D eigenvalue weighted by molar-refractivity contribution is 6.08. The molecule has 0 bridgehead atoms. The van der Waals surface area contributed by atoms with Crippen LogP contribution in [0.1, 0.15) is 24.9 Å². The van der Waals surface area contributed by atoms with Gasteiger partial charge in [-0.15, -0.1) is 0 Å². The lowest BCUT2D eigenvalue weighted by atomic mass is 9.78. The Kier molecular flexibility index (Phi) is 4.28. The second-order valence-electron chi connectivity index (χ2n) is 6.56. The van der Waals surface area contributed by atoms with E-state index in [2.05, 4.69) is 0 Å². The summed E-state index contributed by atoms with van der Waals surface area (Å²) in [5, 5.41) is 1.83. The van der Waals surface area contributed by atoms with E-state index in [0.717, 1.165) is 10.5 Å². The first-order valence-corrected chi connectivity index (χ1v) is 8.31. The maximum absolute atomic E-state index is 12.8. The van der Waals surface area contributed by atoms with Crippen molar-refractivity contribution >= 4 is 17.8 Å². The Morgan fingerprint density at radius 2 is 1.92 bits per heavy atom. The molecule has 0 unspecified atom stereocenters. The van der Waals surface area contributed by atoms with Gasteiger partial charge in [0.25, 0.3) is 0 Å². The van der Waals surface area contributed by atoms with Crippen LogP contribution < -0.4 is 10.1 Å². The number of esters is 1. The van der Waals surface area contributed by atoms with E-state index in [1.54, 1.807) is 7.11 Å². The van der Waals surface area contributed by atoms with Crippen LogP contribution in [0.5, 0.6) is 5.75 Å². The largest absolute Gasteiger partial charge is 0.496 e. The van der Waals surface area contributed by atoms with Crippen molar-refractivity contribution < 1.29 is 29.2 Å². The van der Waals surface area contributed by atoms with E-state index in [4.69, 9.17) is 9.47 Å². The fourth-order valence-corrected chi connectivity index (χ4v) is 4.36. The quantitative estimate of drug-likeness (QED) is 0.605. The van der Waals surface area contributed by atoms with Gasteiger partial charge in [-0.1, -0.05) is 19.1 Å². The van der Waals surface area contributed by atoms with Gasteiger partial charge in [-0.3, -0.25) is 14.5 Å². The number of nitrogens with two attached hydrogens (primary N) is 1. The summed E-state index contributed by atoms with van der Waals surface area (Å²) >= 11 is 0. The monoisotopic (exact) mass is 347 g/mol. The summed E-state index contributed by atoms with van der Waals surface area (Å²) in [5.74, 6) is -1.78. The number of amides is 2. The number of quaternary nitrogens is 1. The van der Waals surface area contributed by atoms with E-state index in [-0.39, 0.29) is 17.9 Å². The fourth-order valence-electron chi connectivity index (χ4n) is 4.36. The number of hydrogen-bond acceptors (Lipinski definition) is 5. The minimum absolute atomic E-state index is 0.263. The first-order valence-electron chi connectivity index (χ1n) is 8.31. The van der Waals surface area contributed by atoms with E-state index >= 15 is 0 Å². The van der Waals surface area contributed by atoms with E-state index in [1.807, 2.05) is 36.5 Å². The maximum Gasteiger partial charge on any atom is 0.368 e. The number of fused-ring (bicyclic) bond motifs is 1. The Morgan fingerprint density at radius 3 is 2.52 bits per heavy atom. The second-order valence-corrected chi connectivity index (χ2v) is 6.56. The topological polar surface area (TPSA) is 89.5 Å². The standard InChI is InChI=1S/C18H22N2O5/c1-5-18(17(23)25-4)13-12(15(21)20(2)16(13)22)14(19-18)10-8-6-7-9-11(10)24-3/h6-9,12-14,19H,5H2,1-4H3/p+1/t12-,13+,14-,18-/m0/s1. The Morgan fingerprint density at radius 1 is 1.24 bits per heavy atom. The summed E-state index contributed by atoms with van der Waals surface area (Å²) in [5.41, 5.74) is -0.307. The molecule has 2 aliphatic rings. The number of carbonyl (C=O) groups is 3. The SMILES string of the molecule is CC[C@]1(C(=O)OC)[NH2+][C@@H](c2ccccc2OC)[C@H]2C(=O)N(C)C(=O)[C@@H]21. The van der Waals surface area contributed by atoms with E-state index < -0.39 is 23.3 Å². The zero-order chi connectivity index (χ0) is 18.4. The van der Waals surface area contributed by atoms with Crippen LogP contribution in [0, 0.1) is 11.8 Å². The van der Waals surface area contributed by atoms with Crippen molar-refractivity contribution in [3.8, 4) is 5.75 Å². The second kappa shape index (κ2) is 6.15. The number of likely N-dealkylation sites (tertiary alicyclic amines) is 1. The van der Waals surface area contributed by atoms with E-state index in [0.29, 0.717) is 12.2 Å². The maximum atomic E-state index is 12.8. The van der Waals surface area contributed by atoms with Gasteiger partial charge in [0.15, 0.2) is 0 Å². The van der Waals surface area contributed by atoms with Crippen molar-refractivity contribution in [2.75, 3.05) is 21.3 Å². The number of imide groups is 1. The summed E-state index contributed by atoms with van der Waals surface area (Å²) in [4.78, 5) is 39.3. The molecule has 25 heavy (non-hydrogen) atoms. The molecule has 2 aliphatic heterocycles. The summed E-state index contributed by atoms with van der Waals surface area (Å²) in [6.45, 7) is 1.84. The summed E-state index contributed by atoms with van der Waals surface area (Å²) in [7, 11) is 4.34. The minimum Gasteiger partial charge on any atom is -0.496 e. The molecule has 7 nitrogen and oxygen atoms in total. The lowest BCUT2D eigenvalue weighted by molar-refractivity contribution is -0.734. The van der Waals surface area contributed by atoms with Gasteiger partial charge >= 0.3 is 5.97 Å². The third-order valence-corrected chi connectivity index (χ3v) is 5.64. The summed E-state index contributed by atoms with van der Waals surface area (Å²) in [6.07, 6.45) is 0.388. The number of benzene rings is 1. The van der Waals surface area contributed by atoms with Gasteiger partial charge in [0, 0.05) is 13.5 Å². The molecule has 7 heteroatoms. The predicted molar refractivity (Wildman–Crippen MR) is 87.5 cm³/mol. The zero-order valence-corrected chi connectivity index (χ0v) is 14.8. The van der Waals surface area contributed by atoms with Crippen molar-refractivity contribution in [3.63, 3.8) is 0 Å². The molecule has 0 radical (unpaired) electrons. The highest BCUT2D eigenvalue weighted by atomic mass is 16.5. The number of nitrogens with zero attached hydrogens (tertiary/aromatic N) is 1. The molecule has 134 valence electrons. The van der Waals surface area contributed by atoms with Crippen LogP contribution in [0.25, 0.3) is 0 Å². The van der Waals surface area contributed by atoms with Gasteiger partial charge < -0.3 is 14.8 Å². The average Bonchev–Trinajstić information content (AvgIpc) is 3.11. The summed E-state index contributed by atoms with van der Waals surface area (Å²) < 4.78 is 10.5. The van der Waals surface area contributed by atoms with Crippen molar-refractivity contribution in [1.82, 2.24) is 4.90 Å². The molecule has 0 spiro atoms. The third kappa shape index (κ3) is 2.26. The van der Waals surface area contributed by atoms with Crippen molar-refractivity contribution in [3.05, 3.63) is 29.8 Å². The summed E-state index contributed by atoms with van der Waals surface area (Å²) in [6, 6.07) is 7.00. The van der Waals surface area contributed by atoms with Crippen LogP contribution in [0.4, 0.5) is 0 Å².